The lowest BCUT2D eigenvalue weighted by molar-refractivity contribution is -0.115. The Balaban J connectivity index is 2.11. The van der Waals surface area contributed by atoms with Crippen molar-refractivity contribution < 1.29 is 19.8 Å². The minimum absolute atomic E-state index is 0.0387. The summed E-state index contributed by atoms with van der Waals surface area (Å²) in [6.07, 6.45) is 0.0579. The third-order valence-corrected chi connectivity index (χ3v) is 2.71. The summed E-state index contributed by atoms with van der Waals surface area (Å²) in [4.78, 5) is 22.9. The van der Waals surface area contributed by atoms with Crippen molar-refractivity contribution in [1.82, 2.24) is 0 Å². The molecule has 0 saturated heterocycles. The highest BCUT2D eigenvalue weighted by Crippen LogP contribution is 2.16. The van der Waals surface area contributed by atoms with Crippen molar-refractivity contribution in [1.29, 1.82) is 0 Å². The number of para-hydroxylation sites is 1. The van der Waals surface area contributed by atoms with E-state index in [-0.39, 0.29) is 29.3 Å². The fraction of sp³-hybridized carbons (Fsp3) is 0.0667. The van der Waals surface area contributed by atoms with Gasteiger partial charge in [0.25, 0.3) is 0 Å². The maximum atomic E-state index is 11.9. The maximum absolute atomic E-state index is 11.9. The lowest BCUT2D eigenvalue weighted by Crippen LogP contribution is -2.16. The summed E-state index contributed by atoms with van der Waals surface area (Å²) in [6, 6.07) is 12.6. The maximum Gasteiger partial charge on any atom is 0.337 e. The second-order valence-electron chi connectivity index (χ2n) is 4.25. The number of phenolic OH excluding ortho intramolecular Hbond substituents is 1. The van der Waals surface area contributed by atoms with E-state index < -0.39 is 5.97 Å². The van der Waals surface area contributed by atoms with E-state index in [1.807, 2.05) is 0 Å². The van der Waals surface area contributed by atoms with Crippen molar-refractivity contribution in [3.8, 4) is 5.75 Å². The molecule has 0 saturated carbocycles. The first-order valence-corrected chi connectivity index (χ1v) is 5.96. The number of benzene rings is 2. The molecule has 1 amide bonds. The van der Waals surface area contributed by atoms with Gasteiger partial charge in [0.05, 0.1) is 17.7 Å². The first kappa shape index (κ1) is 13.6. The number of anilines is 1. The molecule has 5 nitrogen and oxygen atoms in total. The van der Waals surface area contributed by atoms with Crippen molar-refractivity contribution in [2.24, 2.45) is 0 Å². The number of nitrogens with one attached hydrogen (secondary N) is 1. The summed E-state index contributed by atoms with van der Waals surface area (Å²) in [5, 5.41) is 20.9. The van der Waals surface area contributed by atoms with Crippen LogP contribution in [-0.2, 0) is 11.2 Å². The summed E-state index contributed by atoms with van der Waals surface area (Å²) in [5.74, 6) is -1.36. The molecule has 0 atom stereocenters. The van der Waals surface area contributed by atoms with E-state index in [0.29, 0.717) is 5.56 Å². The van der Waals surface area contributed by atoms with E-state index >= 15 is 0 Å². The minimum Gasteiger partial charge on any atom is -0.508 e. The van der Waals surface area contributed by atoms with Crippen LogP contribution in [0.1, 0.15) is 15.9 Å². The Morgan fingerprint density at radius 1 is 1.05 bits per heavy atom. The van der Waals surface area contributed by atoms with E-state index in [9.17, 15) is 14.7 Å². The van der Waals surface area contributed by atoms with Crippen molar-refractivity contribution in [3.63, 3.8) is 0 Å². The molecular formula is C15H13NO4. The van der Waals surface area contributed by atoms with Gasteiger partial charge in [-0.1, -0.05) is 24.3 Å². The fourth-order valence-electron chi connectivity index (χ4n) is 1.82. The highest BCUT2D eigenvalue weighted by atomic mass is 16.4. The number of carboxylic acids is 1. The highest BCUT2D eigenvalue weighted by molar-refractivity contribution is 6.00. The van der Waals surface area contributed by atoms with Gasteiger partial charge in [0.15, 0.2) is 0 Å². The number of carbonyl (C=O) groups excluding carboxylic acids is 1. The molecule has 0 unspecified atom stereocenters. The van der Waals surface area contributed by atoms with Crippen LogP contribution in [0.4, 0.5) is 5.69 Å². The van der Waals surface area contributed by atoms with Crippen LogP contribution in [-0.4, -0.2) is 22.1 Å². The summed E-state index contributed by atoms with van der Waals surface area (Å²) in [5.41, 5.74) is 0.942. The van der Waals surface area contributed by atoms with Gasteiger partial charge in [0.1, 0.15) is 5.75 Å². The van der Waals surface area contributed by atoms with Gasteiger partial charge in [-0.25, -0.2) is 4.79 Å². The zero-order valence-corrected chi connectivity index (χ0v) is 10.5. The lowest BCUT2D eigenvalue weighted by Gasteiger charge is -2.08. The third kappa shape index (κ3) is 3.35. The molecule has 0 aromatic heterocycles. The van der Waals surface area contributed by atoms with Crippen molar-refractivity contribution in [2.45, 2.75) is 6.42 Å². The second kappa shape index (κ2) is 5.88. The normalized spacial score (nSPS) is 10.0. The summed E-state index contributed by atoms with van der Waals surface area (Å²) in [7, 11) is 0. The zero-order valence-electron chi connectivity index (χ0n) is 10.5. The predicted octanol–water partition coefficient (Wildman–Crippen LogP) is 2.27. The Morgan fingerprint density at radius 2 is 1.80 bits per heavy atom. The van der Waals surface area contributed by atoms with Gasteiger partial charge in [0, 0.05) is 0 Å². The first-order valence-electron chi connectivity index (χ1n) is 5.96. The minimum atomic E-state index is -1.10. The standard InChI is InChI=1S/C15H13NO4/c17-11-5-3-4-10(8-11)9-14(18)16-13-7-2-1-6-12(13)15(19)20/h1-8,17H,9H2,(H,16,18)(H,19,20). The quantitative estimate of drug-likeness (QED) is 0.796. The van der Waals surface area contributed by atoms with Gasteiger partial charge in [-0.05, 0) is 29.8 Å². The molecule has 2 aromatic carbocycles. The molecule has 0 aliphatic rings. The van der Waals surface area contributed by atoms with E-state index in [2.05, 4.69) is 5.32 Å². The number of aromatic hydroxyl groups is 1. The van der Waals surface area contributed by atoms with Gasteiger partial charge in [-0.15, -0.1) is 0 Å². The molecule has 0 fully saturated rings. The highest BCUT2D eigenvalue weighted by Gasteiger charge is 2.12. The molecule has 2 rings (SSSR count). The molecule has 20 heavy (non-hydrogen) atoms. The molecule has 102 valence electrons. The number of aromatic carboxylic acids is 1. The molecule has 0 aliphatic heterocycles. The van der Waals surface area contributed by atoms with Crippen LogP contribution < -0.4 is 5.32 Å². The van der Waals surface area contributed by atoms with Crippen molar-refractivity contribution in [3.05, 3.63) is 59.7 Å². The van der Waals surface area contributed by atoms with Gasteiger partial charge in [0.2, 0.25) is 5.91 Å². The van der Waals surface area contributed by atoms with Crippen LogP contribution in [0.25, 0.3) is 0 Å². The lowest BCUT2D eigenvalue weighted by atomic mass is 10.1. The van der Waals surface area contributed by atoms with Gasteiger partial charge in [-0.2, -0.15) is 0 Å². The van der Waals surface area contributed by atoms with Gasteiger partial charge >= 0.3 is 5.97 Å². The molecule has 0 radical (unpaired) electrons. The molecule has 0 spiro atoms. The second-order valence-corrected chi connectivity index (χ2v) is 4.25. The number of rotatable bonds is 4. The third-order valence-electron chi connectivity index (χ3n) is 2.71. The number of amides is 1. The topological polar surface area (TPSA) is 86.6 Å². The predicted molar refractivity (Wildman–Crippen MR) is 73.8 cm³/mol. The summed E-state index contributed by atoms with van der Waals surface area (Å²) >= 11 is 0. The number of hydrogen-bond acceptors (Lipinski definition) is 3. The summed E-state index contributed by atoms with van der Waals surface area (Å²) < 4.78 is 0. The van der Waals surface area contributed by atoms with Crippen LogP contribution in [0.3, 0.4) is 0 Å². The Morgan fingerprint density at radius 3 is 2.50 bits per heavy atom. The van der Waals surface area contributed by atoms with Crippen LogP contribution in [0.15, 0.2) is 48.5 Å². The van der Waals surface area contributed by atoms with Crippen LogP contribution in [0.2, 0.25) is 0 Å². The van der Waals surface area contributed by atoms with E-state index in [0.717, 1.165) is 0 Å². The molecule has 0 bridgehead atoms. The molecule has 5 heteroatoms. The van der Waals surface area contributed by atoms with Gasteiger partial charge in [-0.3, -0.25) is 4.79 Å². The Kier molecular flexibility index (Phi) is 4.00. The van der Waals surface area contributed by atoms with Crippen LogP contribution >= 0.6 is 0 Å². The SMILES string of the molecule is O=C(Cc1cccc(O)c1)Nc1ccccc1C(=O)O. The monoisotopic (exact) mass is 271 g/mol. The Bertz CT molecular complexity index is 652. The smallest absolute Gasteiger partial charge is 0.337 e. The summed E-state index contributed by atoms with van der Waals surface area (Å²) in [6.45, 7) is 0. The van der Waals surface area contributed by atoms with Crippen molar-refractivity contribution >= 4 is 17.6 Å². The fourth-order valence-corrected chi connectivity index (χ4v) is 1.82. The number of hydrogen-bond donors (Lipinski definition) is 3. The molecular weight excluding hydrogens is 258 g/mol. The van der Waals surface area contributed by atoms with Gasteiger partial charge < -0.3 is 15.5 Å². The average Bonchev–Trinajstić information content (AvgIpc) is 2.38. The average molecular weight is 271 g/mol. The van der Waals surface area contributed by atoms with Crippen LogP contribution in [0.5, 0.6) is 5.75 Å². The first-order chi connectivity index (χ1) is 9.56. The molecule has 2 aromatic rings. The molecule has 0 heterocycles. The Hall–Kier alpha value is -2.82. The molecule has 3 N–H and O–H groups in total. The van der Waals surface area contributed by atoms with Crippen LogP contribution in [0, 0.1) is 0 Å². The largest absolute Gasteiger partial charge is 0.508 e. The van der Waals surface area contributed by atoms with Crippen molar-refractivity contribution in [2.75, 3.05) is 5.32 Å². The van der Waals surface area contributed by atoms with E-state index in [1.54, 1.807) is 24.3 Å². The number of carbonyl (C=O) groups is 2. The Labute approximate surface area is 115 Å². The van der Waals surface area contributed by atoms with E-state index in [4.69, 9.17) is 5.11 Å². The number of carboxylic acid groups (broad SMARTS) is 1. The number of phenols is 1. The molecule has 0 aliphatic carbocycles. The zero-order chi connectivity index (χ0) is 14.5. The van der Waals surface area contributed by atoms with E-state index in [1.165, 1.54) is 24.3 Å².